The molecule has 0 unspecified atom stereocenters. The summed E-state index contributed by atoms with van der Waals surface area (Å²) in [7, 11) is 0. The molecule has 0 heterocycles. The standard InChI is InChI=1S/C13H9BrFIO/c14-8-9-4-3-5-10(15)13(9)17-12-7-2-1-6-11(12)16/h1-7H,8H2. The Hall–Kier alpha value is -0.620. The molecule has 2 aromatic rings. The molecular formula is C13H9BrFIO. The lowest BCUT2D eigenvalue weighted by Gasteiger charge is -2.11. The van der Waals surface area contributed by atoms with E-state index < -0.39 is 0 Å². The van der Waals surface area contributed by atoms with Gasteiger partial charge in [-0.15, -0.1) is 0 Å². The van der Waals surface area contributed by atoms with Crippen LogP contribution in [0.4, 0.5) is 4.39 Å². The van der Waals surface area contributed by atoms with Gasteiger partial charge in [-0.2, -0.15) is 0 Å². The van der Waals surface area contributed by atoms with E-state index in [1.807, 2.05) is 30.3 Å². The van der Waals surface area contributed by atoms with Gasteiger partial charge in [-0.05, 0) is 40.8 Å². The van der Waals surface area contributed by atoms with Gasteiger partial charge >= 0.3 is 0 Å². The van der Waals surface area contributed by atoms with Gasteiger partial charge in [-0.3, -0.25) is 0 Å². The number of para-hydroxylation sites is 2. The van der Waals surface area contributed by atoms with Crippen molar-refractivity contribution in [2.45, 2.75) is 5.33 Å². The van der Waals surface area contributed by atoms with Gasteiger partial charge in [-0.1, -0.05) is 40.2 Å². The van der Waals surface area contributed by atoms with Crippen molar-refractivity contribution >= 4 is 38.5 Å². The fourth-order valence-electron chi connectivity index (χ4n) is 1.41. The number of ether oxygens (including phenoxy) is 1. The molecule has 0 radical (unpaired) electrons. The first-order chi connectivity index (χ1) is 8.22. The Morgan fingerprint density at radius 1 is 1.12 bits per heavy atom. The maximum absolute atomic E-state index is 13.7. The molecule has 0 aliphatic heterocycles. The van der Waals surface area contributed by atoms with Crippen LogP contribution in [0.1, 0.15) is 5.56 Å². The van der Waals surface area contributed by atoms with Gasteiger partial charge in [0.05, 0.1) is 3.57 Å². The summed E-state index contributed by atoms with van der Waals surface area (Å²) >= 11 is 5.49. The third-order valence-electron chi connectivity index (χ3n) is 2.24. The molecule has 0 aliphatic rings. The summed E-state index contributed by atoms with van der Waals surface area (Å²) in [6, 6.07) is 12.4. The highest BCUT2D eigenvalue weighted by atomic mass is 127. The zero-order valence-corrected chi connectivity index (χ0v) is 12.5. The van der Waals surface area contributed by atoms with E-state index in [9.17, 15) is 4.39 Å². The monoisotopic (exact) mass is 406 g/mol. The van der Waals surface area contributed by atoms with E-state index in [4.69, 9.17) is 4.74 Å². The molecular weight excluding hydrogens is 398 g/mol. The molecule has 0 N–H and O–H groups in total. The van der Waals surface area contributed by atoms with Crippen LogP contribution in [0.25, 0.3) is 0 Å². The second kappa shape index (κ2) is 5.82. The molecule has 0 spiro atoms. The minimum Gasteiger partial charge on any atom is -0.453 e. The molecule has 0 saturated carbocycles. The first-order valence-corrected chi connectivity index (χ1v) is 7.18. The van der Waals surface area contributed by atoms with Gasteiger partial charge in [0.25, 0.3) is 0 Å². The fourth-order valence-corrected chi connectivity index (χ4v) is 2.35. The van der Waals surface area contributed by atoms with E-state index >= 15 is 0 Å². The Balaban J connectivity index is 2.39. The minimum absolute atomic E-state index is 0.286. The average Bonchev–Trinajstić information content (AvgIpc) is 2.34. The first-order valence-electron chi connectivity index (χ1n) is 4.98. The molecule has 0 saturated heterocycles. The van der Waals surface area contributed by atoms with Crippen LogP contribution >= 0.6 is 38.5 Å². The van der Waals surface area contributed by atoms with Crippen molar-refractivity contribution in [2.24, 2.45) is 0 Å². The Kier molecular flexibility index (Phi) is 4.39. The number of benzene rings is 2. The van der Waals surface area contributed by atoms with Crippen LogP contribution in [0.2, 0.25) is 0 Å². The maximum atomic E-state index is 13.7. The molecule has 1 nitrogen and oxygen atoms in total. The molecule has 88 valence electrons. The highest BCUT2D eigenvalue weighted by Gasteiger charge is 2.11. The van der Waals surface area contributed by atoms with Crippen LogP contribution < -0.4 is 4.74 Å². The number of rotatable bonds is 3. The summed E-state index contributed by atoms with van der Waals surface area (Å²) in [5, 5.41) is 0.559. The Morgan fingerprint density at radius 3 is 2.59 bits per heavy atom. The number of hydrogen-bond acceptors (Lipinski definition) is 1. The summed E-state index contributed by atoms with van der Waals surface area (Å²) in [6.45, 7) is 0. The molecule has 2 aromatic carbocycles. The first kappa shape index (κ1) is 12.8. The van der Waals surface area contributed by atoms with E-state index in [0.29, 0.717) is 11.1 Å². The predicted octanol–water partition coefficient (Wildman–Crippen LogP) is 5.12. The van der Waals surface area contributed by atoms with Crippen LogP contribution in [0.3, 0.4) is 0 Å². The molecule has 0 aromatic heterocycles. The van der Waals surface area contributed by atoms with Crippen molar-refractivity contribution in [1.82, 2.24) is 0 Å². The summed E-state index contributed by atoms with van der Waals surface area (Å²) in [4.78, 5) is 0. The van der Waals surface area contributed by atoms with Crippen molar-refractivity contribution < 1.29 is 9.13 Å². The smallest absolute Gasteiger partial charge is 0.167 e. The van der Waals surface area contributed by atoms with Crippen molar-refractivity contribution in [3.8, 4) is 11.5 Å². The van der Waals surface area contributed by atoms with Crippen molar-refractivity contribution in [2.75, 3.05) is 0 Å². The number of halogens is 3. The van der Waals surface area contributed by atoms with Gasteiger partial charge in [-0.25, -0.2) is 4.39 Å². The summed E-state index contributed by atoms with van der Waals surface area (Å²) in [5.41, 5.74) is 0.796. The van der Waals surface area contributed by atoms with E-state index in [1.54, 1.807) is 6.07 Å². The largest absolute Gasteiger partial charge is 0.453 e. The van der Waals surface area contributed by atoms with Gasteiger partial charge in [0.15, 0.2) is 11.6 Å². The molecule has 0 atom stereocenters. The minimum atomic E-state index is -0.346. The molecule has 4 heteroatoms. The van der Waals surface area contributed by atoms with Crippen LogP contribution in [-0.2, 0) is 5.33 Å². The molecule has 17 heavy (non-hydrogen) atoms. The third-order valence-corrected chi connectivity index (χ3v) is 3.74. The van der Waals surface area contributed by atoms with Gasteiger partial charge in [0.1, 0.15) is 5.75 Å². The van der Waals surface area contributed by atoms with Crippen LogP contribution in [0.5, 0.6) is 11.5 Å². The Bertz CT molecular complexity index is 531. The summed E-state index contributed by atoms with van der Waals surface area (Å²) in [5.74, 6) is 0.607. The molecule has 0 aliphatic carbocycles. The topological polar surface area (TPSA) is 9.23 Å². The summed E-state index contributed by atoms with van der Waals surface area (Å²) in [6.07, 6.45) is 0. The van der Waals surface area contributed by atoms with Crippen LogP contribution in [0.15, 0.2) is 42.5 Å². The van der Waals surface area contributed by atoms with E-state index in [2.05, 4.69) is 38.5 Å². The Morgan fingerprint density at radius 2 is 1.88 bits per heavy atom. The van der Waals surface area contributed by atoms with Gasteiger partial charge in [0.2, 0.25) is 0 Å². The predicted molar refractivity (Wildman–Crippen MR) is 78.3 cm³/mol. The molecule has 2 rings (SSSR count). The Labute approximate surface area is 121 Å². The lowest BCUT2D eigenvalue weighted by molar-refractivity contribution is 0.436. The highest BCUT2D eigenvalue weighted by Crippen LogP contribution is 2.32. The normalized spacial score (nSPS) is 10.3. The van der Waals surface area contributed by atoms with Gasteiger partial charge < -0.3 is 4.74 Å². The van der Waals surface area contributed by atoms with Crippen molar-refractivity contribution in [1.29, 1.82) is 0 Å². The zero-order chi connectivity index (χ0) is 12.3. The molecule has 0 fully saturated rings. The van der Waals surface area contributed by atoms with Gasteiger partial charge in [0, 0.05) is 10.9 Å². The SMILES string of the molecule is Fc1cccc(CBr)c1Oc1ccccc1I. The lowest BCUT2D eigenvalue weighted by atomic mass is 10.2. The molecule has 0 amide bonds. The quantitative estimate of drug-likeness (QED) is 0.508. The zero-order valence-electron chi connectivity index (χ0n) is 8.79. The fraction of sp³-hybridized carbons (Fsp3) is 0.0769. The highest BCUT2D eigenvalue weighted by molar-refractivity contribution is 14.1. The average molecular weight is 407 g/mol. The lowest BCUT2D eigenvalue weighted by Crippen LogP contribution is -1.94. The summed E-state index contributed by atoms with van der Waals surface area (Å²) < 4.78 is 20.3. The third kappa shape index (κ3) is 2.98. The number of alkyl halides is 1. The van der Waals surface area contributed by atoms with Crippen LogP contribution in [0, 0.1) is 9.39 Å². The van der Waals surface area contributed by atoms with E-state index in [0.717, 1.165) is 9.13 Å². The second-order valence-electron chi connectivity index (χ2n) is 3.39. The molecule has 0 bridgehead atoms. The number of hydrogen-bond donors (Lipinski definition) is 0. The van der Waals surface area contributed by atoms with Crippen LogP contribution in [-0.4, -0.2) is 0 Å². The van der Waals surface area contributed by atoms with Crippen molar-refractivity contribution in [3.05, 3.63) is 57.4 Å². The van der Waals surface area contributed by atoms with E-state index in [1.165, 1.54) is 6.07 Å². The maximum Gasteiger partial charge on any atom is 0.167 e. The second-order valence-corrected chi connectivity index (χ2v) is 5.12. The van der Waals surface area contributed by atoms with E-state index in [-0.39, 0.29) is 11.6 Å². The van der Waals surface area contributed by atoms with Crippen molar-refractivity contribution in [3.63, 3.8) is 0 Å².